The summed E-state index contributed by atoms with van der Waals surface area (Å²) in [5.41, 5.74) is -0.397. The van der Waals surface area contributed by atoms with Crippen molar-refractivity contribution >= 4 is 5.91 Å². The summed E-state index contributed by atoms with van der Waals surface area (Å²) in [6.45, 7) is 2.95. The standard InChI is InChI=1S/C16H25N3O3/c20-14-3-2-12-22-16(14)5-9-19(10-6-16)15(21)4-1-8-18-11-7-17-13-18/h7,11,13-14,20H,1-6,8-10,12H2/t14-/m0/s1. The van der Waals surface area contributed by atoms with Gasteiger partial charge in [0.25, 0.3) is 0 Å². The first kappa shape index (κ1) is 15.5. The molecule has 0 saturated carbocycles. The van der Waals surface area contributed by atoms with Crippen LogP contribution in [0.4, 0.5) is 0 Å². The van der Waals surface area contributed by atoms with E-state index in [2.05, 4.69) is 4.98 Å². The molecule has 1 N–H and O–H groups in total. The third-order valence-electron chi connectivity index (χ3n) is 4.95. The van der Waals surface area contributed by atoms with Gasteiger partial charge in [0.05, 0.1) is 18.0 Å². The number of aryl methyl sites for hydroxylation is 1. The Kier molecular flexibility index (Phi) is 4.78. The third kappa shape index (κ3) is 3.33. The highest BCUT2D eigenvalue weighted by molar-refractivity contribution is 5.76. The van der Waals surface area contributed by atoms with Crippen LogP contribution in [0, 0.1) is 0 Å². The second kappa shape index (κ2) is 6.79. The fourth-order valence-corrected chi connectivity index (χ4v) is 3.51. The lowest BCUT2D eigenvalue weighted by atomic mass is 9.82. The van der Waals surface area contributed by atoms with E-state index in [1.165, 1.54) is 0 Å². The molecule has 2 fully saturated rings. The van der Waals surface area contributed by atoms with Crippen molar-refractivity contribution in [2.45, 2.75) is 56.8 Å². The number of carbonyl (C=O) groups excluding carboxylic acids is 1. The van der Waals surface area contributed by atoms with Crippen LogP contribution in [0.2, 0.25) is 0 Å². The number of amides is 1. The van der Waals surface area contributed by atoms with Crippen LogP contribution < -0.4 is 0 Å². The minimum absolute atomic E-state index is 0.209. The van der Waals surface area contributed by atoms with Crippen molar-refractivity contribution in [3.05, 3.63) is 18.7 Å². The molecule has 0 radical (unpaired) electrons. The summed E-state index contributed by atoms with van der Waals surface area (Å²) in [6, 6.07) is 0. The Hall–Kier alpha value is -1.40. The molecule has 2 saturated heterocycles. The van der Waals surface area contributed by atoms with Gasteiger partial charge in [-0.15, -0.1) is 0 Å². The molecule has 1 aromatic rings. The number of hydrogen-bond acceptors (Lipinski definition) is 4. The average molecular weight is 307 g/mol. The first-order valence-corrected chi connectivity index (χ1v) is 8.25. The molecule has 6 heteroatoms. The van der Waals surface area contributed by atoms with Gasteiger partial charge >= 0.3 is 0 Å². The number of rotatable bonds is 4. The average Bonchev–Trinajstić information content (AvgIpc) is 3.04. The zero-order valence-corrected chi connectivity index (χ0v) is 13.0. The minimum atomic E-state index is -0.397. The van der Waals surface area contributed by atoms with E-state index in [0.29, 0.717) is 19.5 Å². The molecule has 0 aromatic carbocycles. The first-order valence-electron chi connectivity index (χ1n) is 8.25. The van der Waals surface area contributed by atoms with Crippen LogP contribution in [0.3, 0.4) is 0 Å². The predicted octanol–water partition coefficient (Wildman–Crippen LogP) is 1.20. The van der Waals surface area contributed by atoms with E-state index in [1.807, 2.05) is 15.7 Å². The fraction of sp³-hybridized carbons (Fsp3) is 0.750. The van der Waals surface area contributed by atoms with E-state index in [0.717, 1.165) is 45.3 Å². The minimum Gasteiger partial charge on any atom is -0.390 e. The lowest BCUT2D eigenvalue weighted by molar-refractivity contribution is -0.179. The van der Waals surface area contributed by atoms with Gasteiger partial charge in [-0.3, -0.25) is 4.79 Å². The normalized spacial score (nSPS) is 24.6. The first-order chi connectivity index (χ1) is 10.7. The number of aromatic nitrogens is 2. The van der Waals surface area contributed by atoms with Gasteiger partial charge in [-0.1, -0.05) is 0 Å². The maximum atomic E-state index is 12.3. The quantitative estimate of drug-likeness (QED) is 0.907. The van der Waals surface area contributed by atoms with E-state index in [4.69, 9.17) is 4.74 Å². The van der Waals surface area contributed by atoms with Crippen molar-refractivity contribution in [1.82, 2.24) is 14.5 Å². The Morgan fingerprint density at radius 2 is 2.23 bits per heavy atom. The van der Waals surface area contributed by atoms with Crippen molar-refractivity contribution in [3.63, 3.8) is 0 Å². The molecule has 1 amide bonds. The Labute approximate surface area is 131 Å². The third-order valence-corrected chi connectivity index (χ3v) is 4.95. The molecule has 0 aliphatic carbocycles. The molecule has 1 atom stereocenters. The van der Waals surface area contributed by atoms with E-state index in [-0.39, 0.29) is 12.0 Å². The topological polar surface area (TPSA) is 67.6 Å². The summed E-state index contributed by atoms with van der Waals surface area (Å²) in [4.78, 5) is 18.2. The number of aliphatic hydroxyl groups excluding tert-OH is 1. The van der Waals surface area contributed by atoms with E-state index in [9.17, 15) is 9.90 Å². The number of imidazole rings is 1. The smallest absolute Gasteiger partial charge is 0.222 e. The highest BCUT2D eigenvalue weighted by atomic mass is 16.5. The summed E-state index contributed by atoms with van der Waals surface area (Å²) in [6.07, 6.45) is 9.71. The number of ether oxygens (including phenoxy) is 1. The van der Waals surface area contributed by atoms with Crippen LogP contribution >= 0.6 is 0 Å². The van der Waals surface area contributed by atoms with Gasteiger partial charge in [0.1, 0.15) is 0 Å². The highest BCUT2D eigenvalue weighted by Crippen LogP contribution is 2.35. The van der Waals surface area contributed by atoms with Gasteiger partial charge in [-0.2, -0.15) is 0 Å². The van der Waals surface area contributed by atoms with Gasteiger partial charge in [-0.25, -0.2) is 4.98 Å². The lowest BCUT2D eigenvalue weighted by Crippen LogP contribution is -2.56. The molecule has 2 aliphatic heterocycles. The zero-order chi connectivity index (χ0) is 15.4. The van der Waals surface area contributed by atoms with Crippen molar-refractivity contribution in [3.8, 4) is 0 Å². The number of nitrogens with zero attached hydrogens (tertiary/aromatic N) is 3. The van der Waals surface area contributed by atoms with Crippen molar-refractivity contribution < 1.29 is 14.6 Å². The van der Waals surface area contributed by atoms with E-state index < -0.39 is 5.60 Å². The van der Waals surface area contributed by atoms with E-state index >= 15 is 0 Å². The summed E-state index contributed by atoms with van der Waals surface area (Å²) in [7, 11) is 0. The van der Waals surface area contributed by atoms with Crippen LogP contribution in [0.5, 0.6) is 0 Å². The van der Waals surface area contributed by atoms with Crippen molar-refractivity contribution in [1.29, 1.82) is 0 Å². The lowest BCUT2D eigenvalue weighted by Gasteiger charge is -2.46. The maximum absolute atomic E-state index is 12.3. The predicted molar refractivity (Wildman–Crippen MR) is 81.2 cm³/mol. The molecule has 0 unspecified atom stereocenters. The fourth-order valence-electron chi connectivity index (χ4n) is 3.51. The zero-order valence-electron chi connectivity index (χ0n) is 13.0. The van der Waals surface area contributed by atoms with Crippen LogP contribution in [0.15, 0.2) is 18.7 Å². The SMILES string of the molecule is O=C(CCCn1ccnc1)N1CCC2(CC1)OCCC[C@@H]2O. The van der Waals surface area contributed by atoms with Gasteiger partial charge in [0.2, 0.25) is 5.91 Å². The van der Waals surface area contributed by atoms with E-state index in [1.54, 1.807) is 12.5 Å². The molecule has 22 heavy (non-hydrogen) atoms. The number of likely N-dealkylation sites (tertiary alicyclic amines) is 1. The molecule has 3 heterocycles. The maximum Gasteiger partial charge on any atom is 0.222 e. The Balaban J connectivity index is 1.43. The number of carbonyl (C=O) groups is 1. The monoisotopic (exact) mass is 307 g/mol. The Bertz CT molecular complexity index is 481. The van der Waals surface area contributed by atoms with Gasteiger partial charge in [-0.05, 0) is 32.1 Å². The molecular formula is C16H25N3O3. The number of piperidine rings is 1. The second-order valence-electron chi connectivity index (χ2n) is 6.36. The second-order valence-corrected chi connectivity index (χ2v) is 6.36. The van der Waals surface area contributed by atoms with Crippen molar-refractivity contribution in [2.24, 2.45) is 0 Å². The summed E-state index contributed by atoms with van der Waals surface area (Å²) < 4.78 is 7.87. The van der Waals surface area contributed by atoms with Crippen LogP contribution in [-0.2, 0) is 16.1 Å². The van der Waals surface area contributed by atoms with Crippen LogP contribution in [-0.4, -0.2) is 56.9 Å². The summed E-state index contributed by atoms with van der Waals surface area (Å²) >= 11 is 0. The molecule has 122 valence electrons. The molecule has 1 aromatic heterocycles. The molecule has 1 spiro atoms. The molecule has 0 bridgehead atoms. The number of hydrogen-bond donors (Lipinski definition) is 1. The molecule has 2 aliphatic rings. The molecule has 6 nitrogen and oxygen atoms in total. The Morgan fingerprint density at radius 3 is 2.91 bits per heavy atom. The van der Waals surface area contributed by atoms with Gasteiger partial charge in [0, 0.05) is 45.1 Å². The van der Waals surface area contributed by atoms with Crippen LogP contribution in [0.25, 0.3) is 0 Å². The largest absolute Gasteiger partial charge is 0.390 e. The highest BCUT2D eigenvalue weighted by Gasteiger charge is 2.44. The number of aliphatic hydroxyl groups is 1. The summed E-state index contributed by atoms with van der Waals surface area (Å²) in [5, 5.41) is 10.2. The van der Waals surface area contributed by atoms with Gasteiger partial charge in [0.15, 0.2) is 0 Å². The Morgan fingerprint density at radius 1 is 1.41 bits per heavy atom. The summed E-state index contributed by atoms with van der Waals surface area (Å²) in [5.74, 6) is 0.209. The van der Waals surface area contributed by atoms with Gasteiger partial charge < -0.3 is 19.3 Å². The molecular weight excluding hydrogens is 282 g/mol. The van der Waals surface area contributed by atoms with Crippen molar-refractivity contribution in [2.75, 3.05) is 19.7 Å². The molecule has 3 rings (SSSR count). The van der Waals surface area contributed by atoms with Crippen LogP contribution in [0.1, 0.15) is 38.5 Å².